The molecular formula is C21H27N3O5S. The first-order chi connectivity index (χ1) is 14.4. The predicted molar refractivity (Wildman–Crippen MR) is 116 cm³/mol. The number of hydrogen-bond donors (Lipinski definition) is 2. The van der Waals surface area contributed by atoms with E-state index in [0.717, 1.165) is 25.2 Å². The van der Waals surface area contributed by atoms with Crippen LogP contribution in [0.3, 0.4) is 0 Å². The molecule has 0 bridgehead atoms. The van der Waals surface area contributed by atoms with E-state index in [1.807, 2.05) is 18.2 Å². The van der Waals surface area contributed by atoms with E-state index in [2.05, 4.69) is 21.9 Å². The van der Waals surface area contributed by atoms with E-state index in [1.54, 1.807) is 0 Å². The Kier molecular flexibility index (Phi) is 6.84. The van der Waals surface area contributed by atoms with Crippen LogP contribution in [0, 0.1) is 0 Å². The zero-order valence-electron chi connectivity index (χ0n) is 17.4. The number of sulfonamides is 1. The lowest BCUT2D eigenvalue weighted by Gasteiger charge is -2.17. The predicted octanol–water partition coefficient (Wildman–Crippen LogP) is 2.39. The second kappa shape index (κ2) is 9.36. The Morgan fingerprint density at radius 2 is 1.87 bits per heavy atom. The number of anilines is 2. The lowest BCUT2D eigenvalue weighted by Crippen LogP contribution is -2.28. The number of fused-ring (bicyclic) bond motifs is 1. The van der Waals surface area contributed by atoms with Crippen molar-refractivity contribution in [1.29, 1.82) is 0 Å². The number of nitrogens with one attached hydrogen (secondary N) is 2. The summed E-state index contributed by atoms with van der Waals surface area (Å²) in [6.07, 6.45) is 1.02. The number of likely N-dealkylation sites (N-methyl/N-ethyl adjacent to an activating group) is 1. The first-order valence-corrected chi connectivity index (χ1v) is 11.3. The smallest absolute Gasteiger partial charge is 0.240 e. The van der Waals surface area contributed by atoms with E-state index in [9.17, 15) is 13.2 Å². The Bertz CT molecular complexity index is 1020. The van der Waals surface area contributed by atoms with Gasteiger partial charge in [-0.3, -0.25) is 4.79 Å². The molecule has 1 amide bonds. The third-order valence-corrected chi connectivity index (χ3v) is 6.51. The average molecular weight is 434 g/mol. The molecule has 0 radical (unpaired) electrons. The minimum Gasteiger partial charge on any atom is -0.493 e. The van der Waals surface area contributed by atoms with Gasteiger partial charge in [0.15, 0.2) is 11.5 Å². The zero-order valence-corrected chi connectivity index (χ0v) is 18.2. The molecule has 0 atom stereocenters. The van der Waals surface area contributed by atoms with Crippen molar-refractivity contribution < 1.29 is 22.7 Å². The minimum absolute atomic E-state index is 0.0150. The Hall–Kier alpha value is -2.78. The SMILES string of the molecule is CCN1CCc2ccc(NC(=O)CCNS(=O)(=O)c3ccc(OC)c(OC)c3)cc21. The molecule has 0 unspecified atom stereocenters. The van der Waals surface area contributed by atoms with Crippen molar-refractivity contribution in [3.63, 3.8) is 0 Å². The number of nitrogens with zero attached hydrogens (tertiary/aromatic N) is 1. The normalized spacial score (nSPS) is 13.1. The van der Waals surface area contributed by atoms with Crippen molar-refractivity contribution in [2.45, 2.75) is 24.7 Å². The number of rotatable bonds is 9. The van der Waals surface area contributed by atoms with E-state index < -0.39 is 10.0 Å². The number of methoxy groups -OCH3 is 2. The highest BCUT2D eigenvalue weighted by molar-refractivity contribution is 7.89. The van der Waals surface area contributed by atoms with Gasteiger partial charge in [0.1, 0.15) is 0 Å². The molecule has 2 N–H and O–H groups in total. The molecule has 0 aromatic heterocycles. The van der Waals surface area contributed by atoms with Crippen LogP contribution in [-0.4, -0.2) is 48.2 Å². The van der Waals surface area contributed by atoms with E-state index in [-0.39, 0.29) is 23.8 Å². The summed E-state index contributed by atoms with van der Waals surface area (Å²) >= 11 is 0. The molecule has 8 nitrogen and oxygen atoms in total. The highest BCUT2D eigenvalue weighted by atomic mass is 32.2. The molecule has 1 heterocycles. The zero-order chi connectivity index (χ0) is 21.7. The maximum Gasteiger partial charge on any atom is 0.240 e. The van der Waals surface area contributed by atoms with Crippen molar-refractivity contribution in [1.82, 2.24) is 4.72 Å². The molecule has 2 aromatic rings. The highest BCUT2D eigenvalue weighted by Crippen LogP contribution is 2.31. The van der Waals surface area contributed by atoms with E-state index >= 15 is 0 Å². The lowest BCUT2D eigenvalue weighted by atomic mass is 10.1. The third kappa shape index (κ3) is 4.85. The van der Waals surface area contributed by atoms with Gasteiger partial charge >= 0.3 is 0 Å². The van der Waals surface area contributed by atoms with Gasteiger partial charge in [0.2, 0.25) is 15.9 Å². The van der Waals surface area contributed by atoms with Crippen molar-refractivity contribution >= 4 is 27.3 Å². The average Bonchev–Trinajstić information content (AvgIpc) is 3.15. The molecule has 9 heteroatoms. The number of benzene rings is 2. The van der Waals surface area contributed by atoms with Gasteiger partial charge in [-0.25, -0.2) is 13.1 Å². The maximum atomic E-state index is 12.5. The fourth-order valence-corrected chi connectivity index (χ4v) is 4.49. The molecule has 0 aliphatic carbocycles. The van der Waals surface area contributed by atoms with Crippen LogP contribution in [0.5, 0.6) is 11.5 Å². The Labute approximate surface area is 177 Å². The molecular weight excluding hydrogens is 406 g/mol. The van der Waals surface area contributed by atoms with Gasteiger partial charge < -0.3 is 19.7 Å². The topological polar surface area (TPSA) is 97.0 Å². The fourth-order valence-electron chi connectivity index (χ4n) is 3.44. The molecule has 2 aromatic carbocycles. The van der Waals surface area contributed by atoms with E-state index in [1.165, 1.54) is 38.0 Å². The van der Waals surface area contributed by atoms with Gasteiger partial charge in [-0.05, 0) is 43.2 Å². The van der Waals surface area contributed by atoms with Crippen LogP contribution < -0.4 is 24.4 Å². The molecule has 0 saturated carbocycles. The molecule has 162 valence electrons. The Morgan fingerprint density at radius 3 is 2.57 bits per heavy atom. The van der Waals surface area contributed by atoms with Crippen molar-refractivity contribution in [3.8, 4) is 11.5 Å². The van der Waals surface area contributed by atoms with Gasteiger partial charge in [-0.1, -0.05) is 6.07 Å². The third-order valence-electron chi connectivity index (χ3n) is 5.05. The molecule has 0 saturated heterocycles. The number of carbonyl (C=O) groups is 1. The summed E-state index contributed by atoms with van der Waals surface area (Å²) < 4.78 is 37.7. The van der Waals surface area contributed by atoms with Crippen LogP contribution >= 0.6 is 0 Å². The summed E-state index contributed by atoms with van der Waals surface area (Å²) in [6.45, 7) is 3.99. The second-order valence-electron chi connectivity index (χ2n) is 6.89. The molecule has 1 aliphatic rings. The fraction of sp³-hybridized carbons (Fsp3) is 0.381. The van der Waals surface area contributed by atoms with Crippen molar-refractivity contribution in [2.75, 3.05) is 44.1 Å². The van der Waals surface area contributed by atoms with Crippen molar-refractivity contribution in [3.05, 3.63) is 42.0 Å². The van der Waals surface area contributed by atoms with E-state index in [0.29, 0.717) is 17.2 Å². The number of hydrogen-bond acceptors (Lipinski definition) is 6. The number of ether oxygens (including phenoxy) is 2. The lowest BCUT2D eigenvalue weighted by molar-refractivity contribution is -0.116. The molecule has 0 spiro atoms. The summed E-state index contributed by atoms with van der Waals surface area (Å²) in [4.78, 5) is 14.6. The maximum absolute atomic E-state index is 12.5. The molecule has 0 fully saturated rings. The largest absolute Gasteiger partial charge is 0.493 e. The summed E-state index contributed by atoms with van der Waals surface area (Å²) in [5, 5.41) is 2.84. The van der Waals surface area contributed by atoms with Crippen LogP contribution in [0.15, 0.2) is 41.3 Å². The first kappa shape index (κ1) is 21.9. The van der Waals surface area contributed by atoms with Gasteiger partial charge in [-0.15, -0.1) is 0 Å². The standard InChI is InChI=1S/C21H27N3O5S/c1-4-24-12-10-15-5-6-16(13-18(15)24)23-21(25)9-11-22-30(26,27)17-7-8-19(28-2)20(14-17)29-3/h5-8,13-14,22H,4,9-12H2,1-3H3,(H,23,25). The van der Waals surface area contributed by atoms with Gasteiger partial charge in [0.05, 0.1) is 19.1 Å². The Morgan fingerprint density at radius 1 is 1.10 bits per heavy atom. The summed E-state index contributed by atoms with van der Waals surface area (Å²) in [5.41, 5.74) is 3.13. The molecule has 3 rings (SSSR count). The minimum atomic E-state index is -3.78. The molecule has 1 aliphatic heterocycles. The molecule has 30 heavy (non-hydrogen) atoms. The first-order valence-electron chi connectivity index (χ1n) is 9.77. The highest BCUT2D eigenvalue weighted by Gasteiger charge is 2.19. The Balaban J connectivity index is 1.57. The van der Waals surface area contributed by atoms with Crippen LogP contribution in [0.2, 0.25) is 0 Å². The summed E-state index contributed by atoms with van der Waals surface area (Å²) in [5.74, 6) is 0.494. The summed E-state index contributed by atoms with van der Waals surface area (Å²) in [6, 6.07) is 10.2. The monoisotopic (exact) mass is 433 g/mol. The van der Waals surface area contributed by atoms with Gasteiger partial charge in [-0.2, -0.15) is 0 Å². The summed E-state index contributed by atoms with van der Waals surface area (Å²) in [7, 11) is -0.866. The van der Waals surface area contributed by atoms with Crippen LogP contribution in [0.25, 0.3) is 0 Å². The number of carbonyl (C=O) groups excluding carboxylic acids is 1. The van der Waals surface area contributed by atoms with Gasteiger partial charge in [0.25, 0.3) is 0 Å². The van der Waals surface area contributed by atoms with Crippen molar-refractivity contribution in [2.24, 2.45) is 0 Å². The van der Waals surface area contributed by atoms with Crippen LogP contribution in [-0.2, 0) is 21.2 Å². The van der Waals surface area contributed by atoms with Crippen LogP contribution in [0.4, 0.5) is 11.4 Å². The number of amides is 1. The van der Waals surface area contributed by atoms with E-state index in [4.69, 9.17) is 9.47 Å². The van der Waals surface area contributed by atoms with Gasteiger partial charge in [0, 0.05) is 43.5 Å². The quantitative estimate of drug-likeness (QED) is 0.630. The van der Waals surface area contributed by atoms with Crippen LogP contribution in [0.1, 0.15) is 18.9 Å². The second-order valence-corrected chi connectivity index (χ2v) is 8.65.